The summed E-state index contributed by atoms with van der Waals surface area (Å²) in [5.74, 6) is -0.159. The summed E-state index contributed by atoms with van der Waals surface area (Å²) >= 11 is 0. The Morgan fingerprint density at radius 1 is 1.05 bits per heavy atom. The number of aromatic nitrogens is 2. The number of hydrogen-bond acceptors (Lipinski definition) is 8. The predicted molar refractivity (Wildman–Crippen MR) is 171 cm³/mol. The van der Waals surface area contributed by atoms with E-state index in [4.69, 9.17) is 9.16 Å². The molecule has 2 saturated heterocycles. The molecule has 1 N–H and O–H groups in total. The summed E-state index contributed by atoms with van der Waals surface area (Å²) in [6, 6.07) is 10.7. The number of carbonyl (C=O) groups excluding carboxylic acids is 1. The van der Waals surface area contributed by atoms with Crippen LogP contribution in [0.2, 0.25) is 18.1 Å². The Morgan fingerprint density at radius 2 is 1.72 bits per heavy atom. The fraction of sp³-hybridized carbons (Fsp3) is 0.548. The molecule has 1 aromatic carbocycles. The molecule has 2 aliphatic rings. The largest absolute Gasteiger partial charge is 0.492 e. The van der Waals surface area contributed by atoms with E-state index in [1.165, 1.54) is 14.9 Å². The summed E-state index contributed by atoms with van der Waals surface area (Å²) in [5, 5.41) is 11.9. The van der Waals surface area contributed by atoms with Crippen LogP contribution in [-0.4, -0.2) is 79.7 Å². The Balaban J connectivity index is 1.67. The van der Waals surface area contributed by atoms with Gasteiger partial charge in [0.2, 0.25) is 15.9 Å². The highest BCUT2D eigenvalue weighted by molar-refractivity contribution is 7.89. The Morgan fingerprint density at radius 3 is 2.33 bits per heavy atom. The molecule has 234 valence electrons. The lowest BCUT2D eigenvalue weighted by molar-refractivity contribution is 0.0547. The van der Waals surface area contributed by atoms with Gasteiger partial charge in [-0.15, -0.1) is 0 Å². The maximum absolute atomic E-state index is 13.7. The molecule has 5 rings (SSSR count). The average molecular weight is 629 g/mol. The second kappa shape index (κ2) is 10.9. The van der Waals surface area contributed by atoms with Gasteiger partial charge in [-0.2, -0.15) is 9.29 Å². The summed E-state index contributed by atoms with van der Waals surface area (Å²) in [4.78, 5) is 20.0. The number of anilines is 1. The zero-order chi connectivity index (χ0) is 31.5. The normalized spacial score (nSPS) is 18.7. The van der Waals surface area contributed by atoms with Crippen molar-refractivity contribution in [2.75, 3.05) is 31.1 Å². The molecule has 2 aromatic heterocycles. The third-order valence-electron chi connectivity index (χ3n) is 8.66. The molecule has 2 fully saturated rings. The molecule has 0 bridgehead atoms. The lowest BCUT2D eigenvalue weighted by Crippen LogP contribution is -2.44. The topological polar surface area (TPSA) is 114 Å². The zero-order valence-electron chi connectivity index (χ0n) is 26.5. The van der Waals surface area contributed by atoms with Crippen LogP contribution >= 0.6 is 0 Å². The standard InChI is InChI=1S/C31H44N4O6SSi/c1-30(2,3)40-29(37)35-24-13-10-9-12-21(24)18-25(35)23-19-26(42(38,39)34-15-11-16-34)28(36)32-27(23)33-17-14-22(20-33)41-43(7,8)31(4,5)6/h9-10,12-13,18-19,22H,11,14-17,20H2,1-8H3,(H,32,36)/t22-/m0/s1. The first-order valence-electron chi connectivity index (χ1n) is 14.9. The van der Waals surface area contributed by atoms with Gasteiger partial charge >= 0.3 is 6.09 Å². The number of hydrogen-bond donors (Lipinski definition) is 1. The van der Waals surface area contributed by atoms with Crippen molar-refractivity contribution in [1.82, 2.24) is 13.9 Å². The molecule has 0 saturated carbocycles. The van der Waals surface area contributed by atoms with Gasteiger partial charge in [0.05, 0.1) is 17.3 Å². The zero-order valence-corrected chi connectivity index (χ0v) is 28.3. The number of carbonyl (C=O) groups is 1. The van der Waals surface area contributed by atoms with E-state index >= 15 is 0 Å². The highest BCUT2D eigenvalue weighted by Gasteiger charge is 2.41. The molecule has 12 heteroatoms. The predicted octanol–water partition coefficient (Wildman–Crippen LogP) is 6.19. The van der Waals surface area contributed by atoms with E-state index in [1.54, 1.807) is 20.8 Å². The van der Waals surface area contributed by atoms with Crippen molar-refractivity contribution in [3.63, 3.8) is 0 Å². The third-order valence-corrected chi connectivity index (χ3v) is 15.1. The molecular formula is C31H44N4O6SSi. The Hall–Kier alpha value is -2.93. The Bertz CT molecular complexity index is 1650. The van der Waals surface area contributed by atoms with Gasteiger partial charge in [-0.05, 0) is 69.9 Å². The number of rotatable bonds is 6. The minimum absolute atomic E-state index is 0.0427. The van der Waals surface area contributed by atoms with Crippen molar-refractivity contribution in [3.05, 3.63) is 36.4 Å². The fourth-order valence-corrected chi connectivity index (χ4v) is 8.17. The molecule has 0 aliphatic carbocycles. The molecule has 2 aliphatic heterocycles. The summed E-state index contributed by atoms with van der Waals surface area (Å²) < 4.78 is 42.4. The van der Waals surface area contributed by atoms with Crippen LogP contribution in [0.5, 0.6) is 5.88 Å². The molecule has 0 unspecified atom stereocenters. The number of benzene rings is 1. The number of para-hydroxylation sites is 1. The number of sulfonamides is 1. The van der Waals surface area contributed by atoms with Crippen molar-refractivity contribution < 1.29 is 27.5 Å². The first kappa shape index (κ1) is 31.5. The van der Waals surface area contributed by atoms with Gasteiger partial charge in [0.25, 0.3) is 0 Å². The van der Waals surface area contributed by atoms with Crippen molar-refractivity contribution in [2.45, 2.75) is 89.1 Å². The van der Waals surface area contributed by atoms with Gasteiger partial charge < -0.3 is 19.2 Å². The molecule has 0 amide bonds. The van der Waals surface area contributed by atoms with E-state index in [2.05, 4.69) is 38.8 Å². The Kier molecular flexibility index (Phi) is 7.98. The first-order chi connectivity index (χ1) is 19.9. The number of fused-ring (bicyclic) bond motifs is 1. The molecule has 43 heavy (non-hydrogen) atoms. The number of ether oxygens (including phenoxy) is 1. The van der Waals surface area contributed by atoms with E-state index in [9.17, 15) is 18.3 Å². The number of nitrogens with zero attached hydrogens (tertiary/aromatic N) is 4. The van der Waals surface area contributed by atoms with Crippen LogP contribution in [0.3, 0.4) is 0 Å². The smallest absolute Gasteiger partial charge is 0.419 e. The molecule has 1 atom stereocenters. The molecule has 0 radical (unpaired) electrons. The van der Waals surface area contributed by atoms with E-state index in [0.717, 1.165) is 18.2 Å². The van der Waals surface area contributed by atoms with Crippen molar-refractivity contribution in [3.8, 4) is 17.1 Å². The van der Waals surface area contributed by atoms with Gasteiger partial charge in [-0.1, -0.05) is 39.0 Å². The quantitative estimate of drug-likeness (QED) is 0.322. The highest BCUT2D eigenvalue weighted by Crippen LogP contribution is 2.42. The summed E-state index contributed by atoms with van der Waals surface area (Å²) in [6.45, 7) is 18.4. The molecular weight excluding hydrogens is 585 g/mol. The van der Waals surface area contributed by atoms with Crippen LogP contribution in [-0.2, 0) is 19.2 Å². The van der Waals surface area contributed by atoms with E-state index in [0.29, 0.717) is 48.8 Å². The third kappa shape index (κ3) is 6.07. The van der Waals surface area contributed by atoms with Crippen molar-refractivity contribution >= 4 is 41.2 Å². The lowest BCUT2D eigenvalue weighted by Gasteiger charge is -2.38. The summed E-state index contributed by atoms with van der Waals surface area (Å²) in [5.41, 5.74) is 0.725. The summed E-state index contributed by atoms with van der Waals surface area (Å²) in [6.07, 6.45) is 0.890. The van der Waals surface area contributed by atoms with Crippen molar-refractivity contribution in [1.29, 1.82) is 0 Å². The van der Waals surface area contributed by atoms with E-state index in [1.807, 2.05) is 35.2 Å². The van der Waals surface area contributed by atoms with E-state index < -0.39 is 35.9 Å². The van der Waals surface area contributed by atoms with Crippen LogP contribution in [0.1, 0.15) is 54.4 Å². The second-order valence-corrected chi connectivity index (χ2v) is 20.7. The molecule has 4 heterocycles. The maximum atomic E-state index is 13.7. The second-order valence-electron chi connectivity index (χ2n) is 14.1. The fourth-order valence-electron chi connectivity index (χ4n) is 5.23. The van der Waals surface area contributed by atoms with Crippen LogP contribution in [0.15, 0.2) is 41.3 Å². The lowest BCUT2D eigenvalue weighted by atomic mass is 10.1. The van der Waals surface area contributed by atoms with Gasteiger partial charge in [0.15, 0.2) is 8.32 Å². The highest BCUT2D eigenvalue weighted by atomic mass is 32.2. The van der Waals surface area contributed by atoms with Crippen LogP contribution in [0, 0.1) is 0 Å². The van der Waals surface area contributed by atoms with Crippen LogP contribution in [0.4, 0.5) is 10.6 Å². The molecule has 0 spiro atoms. The SMILES string of the molecule is CC(C)(C)OC(=O)n1c(-c2cc(S(=O)(=O)N3CCC3)c(O)nc2N2CC[C@H](O[Si](C)(C)C(C)(C)C)C2)cc2ccccc21. The monoisotopic (exact) mass is 628 g/mol. The molecule has 10 nitrogen and oxygen atoms in total. The minimum atomic E-state index is -3.99. The minimum Gasteiger partial charge on any atom is -0.492 e. The van der Waals surface area contributed by atoms with Gasteiger partial charge in [0.1, 0.15) is 16.3 Å². The van der Waals surface area contributed by atoms with Crippen LogP contribution in [0.25, 0.3) is 22.2 Å². The van der Waals surface area contributed by atoms with E-state index in [-0.39, 0.29) is 16.0 Å². The van der Waals surface area contributed by atoms with Gasteiger partial charge in [0, 0.05) is 37.1 Å². The van der Waals surface area contributed by atoms with Gasteiger partial charge in [-0.25, -0.2) is 17.8 Å². The van der Waals surface area contributed by atoms with Gasteiger partial charge in [-0.3, -0.25) is 0 Å². The Labute approximate surface area is 255 Å². The maximum Gasteiger partial charge on any atom is 0.419 e. The summed E-state index contributed by atoms with van der Waals surface area (Å²) in [7, 11) is -6.04. The number of pyridine rings is 1. The van der Waals surface area contributed by atoms with Crippen molar-refractivity contribution in [2.24, 2.45) is 0 Å². The molecule has 3 aromatic rings. The number of aromatic hydroxyl groups is 1. The first-order valence-corrected chi connectivity index (χ1v) is 19.2. The van der Waals surface area contributed by atoms with Crippen LogP contribution < -0.4 is 4.90 Å². The average Bonchev–Trinajstić information content (AvgIpc) is 3.44.